The third-order valence-corrected chi connectivity index (χ3v) is 2.52. The Morgan fingerprint density at radius 2 is 2.29 bits per heavy atom. The van der Waals surface area contributed by atoms with Gasteiger partial charge in [0.2, 0.25) is 5.91 Å². The molecule has 0 saturated heterocycles. The zero-order chi connectivity index (χ0) is 15.7. The Morgan fingerprint density at radius 1 is 1.52 bits per heavy atom. The average Bonchev–Trinajstić information content (AvgIpc) is 2.44. The molecule has 0 saturated carbocycles. The molecule has 1 heterocycles. The summed E-state index contributed by atoms with van der Waals surface area (Å²) in [4.78, 5) is 26.1. The summed E-state index contributed by atoms with van der Waals surface area (Å²) < 4.78 is 18.1. The van der Waals surface area contributed by atoms with Gasteiger partial charge in [0.05, 0.1) is 19.4 Å². The molecule has 1 amide bonds. The van der Waals surface area contributed by atoms with E-state index in [0.29, 0.717) is 12.0 Å². The number of nitrogens with zero attached hydrogens (tertiary/aromatic N) is 1. The van der Waals surface area contributed by atoms with Crippen molar-refractivity contribution in [2.24, 2.45) is 0 Å². The highest BCUT2D eigenvalue weighted by Crippen LogP contribution is 2.03. The lowest BCUT2D eigenvalue weighted by Gasteiger charge is -2.14. The number of carboxylic acids is 1. The van der Waals surface area contributed by atoms with E-state index in [-0.39, 0.29) is 19.6 Å². The quantitative estimate of drug-likeness (QED) is 0.670. The number of carboxylic acid groups (broad SMARTS) is 1. The van der Waals surface area contributed by atoms with E-state index < -0.39 is 23.7 Å². The van der Waals surface area contributed by atoms with E-state index in [1.807, 2.05) is 0 Å². The molecule has 1 rings (SSSR count). The summed E-state index contributed by atoms with van der Waals surface area (Å²) in [5.41, 5.74) is 0.483. The van der Waals surface area contributed by atoms with Crippen molar-refractivity contribution in [3.8, 4) is 0 Å². The van der Waals surface area contributed by atoms with E-state index in [4.69, 9.17) is 9.84 Å². The minimum absolute atomic E-state index is 0.0110. The summed E-state index contributed by atoms with van der Waals surface area (Å²) in [5, 5.41) is 11.3. The van der Waals surface area contributed by atoms with Crippen LogP contribution < -0.4 is 5.32 Å². The summed E-state index contributed by atoms with van der Waals surface area (Å²) in [6.07, 6.45) is 4.68. The number of carbonyl (C=O) groups is 2. The molecule has 0 aliphatic rings. The Bertz CT molecular complexity index is 508. The lowest BCUT2D eigenvalue weighted by Crippen LogP contribution is -2.43. The van der Waals surface area contributed by atoms with Crippen molar-refractivity contribution >= 4 is 11.9 Å². The Hall–Kier alpha value is -2.28. The topological polar surface area (TPSA) is 88.5 Å². The van der Waals surface area contributed by atoms with Crippen LogP contribution in [0.2, 0.25) is 0 Å². The van der Waals surface area contributed by atoms with Gasteiger partial charge in [-0.15, -0.1) is 6.58 Å². The molecule has 114 valence electrons. The van der Waals surface area contributed by atoms with Gasteiger partial charge >= 0.3 is 5.97 Å². The smallest absolute Gasteiger partial charge is 0.328 e. The Labute approximate surface area is 121 Å². The van der Waals surface area contributed by atoms with E-state index in [2.05, 4.69) is 16.9 Å². The van der Waals surface area contributed by atoms with Gasteiger partial charge in [-0.25, -0.2) is 9.18 Å². The van der Waals surface area contributed by atoms with Crippen LogP contribution in [0.1, 0.15) is 18.4 Å². The molecule has 0 aliphatic carbocycles. The largest absolute Gasteiger partial charge is 0.480 e. The van der Waals surface area contributed by atoms with Gasteiger partial charge in [-0.05, 0) is 18.1 Å². The van der Waals surface area contributed by atoms with Crippen LogP contribution in [0.25, 0.3) is 0 Å². The van der Waals surface area contributed by atoms with Crippen LogP contribution in [0.4, 0.5) is 4.39 Å². The van der Waals surface area contributed by atoms with Crippen LogP contribution in [-0.4, -0.2) is 34.6 Å². The number of allylic oxidation sites excluding steroid dienone is 1. The molecule has 0 aliphatic heterocycles. The predicted octanol–water partition coefficient (Wildman–Crippen LogP) is 1.27. The van der Waals surface area contributed by atoms with E-state index >= 15 is 0 Å². The van der Waals surface area contributed by atoms with Gasteiger partial charge in [-0.1, -0.05) is 6.08 Å². The molecule has 1 atom stereocenters. The first-order valence-corrected chi connectivity index (χ1v) is 6.33. The van der Waals surface area contributed by atoms with Crippen LogP contribution >= 0.6 is 0 Å². The number of amides is 1. The Balaban J connectivity index is 2.42. The van der Waals surface area contributed by atoms with Gasteiger partial charge < -0.3 is 15.2 Å². The van der Waals surface area contributed by atoms with Gasteiger partial charge in [0.1, 0.15) is 5.82 Å². The third-order valence-electron chi connectivity index (χ3n) is 2.52. The monoisotopic (exact) mass is 296 g/mol. The molecule has 1 aromatic rings. The normalized spacial score (nSPS) is 11.7. The third kappa shape index (κ3) is 6.62. The Morgan fingerprint density at radius 3 is 2.90 bits per heavy atom. The van der Waals surface area contributed by atoms with Gasteiger partial charge in [-0.3, -0.25) is 9.78 Å². The highest BCUT2D eigenvalue weighted by Gasteiger charge is 2.19. The minimum atomic E-state index is -1.20. The molecule has 21 heavy (non-hydrogen) atoms. The van der Waals surface area contributed by atoms with Crippen molar-refractivity contribution in [1.29, 1.82) is 0 Å². The molecule has 0 unspecified atom stereocenters. The second-order valence-electron chi connectivity index (χ2n) is 4.31. The number of carbonyl (C=O) groups excluding carboxylic acids is 1. The van der Waals surface area contributed by atoms with Gasteiger partial charge in [0.15, 0.2) is 6.04 Å². The number of rotatable bonds is 9. The maximum Gasteiger partial charge on any atom is 0.328 e. The first kappa shape index (κ1) is 16.8. The van der Waals surface area contributed by atoms with Crippen molar-refractivity contribution in [3.05, 3.63) is 42.5 Å². The number of aliphatic carboxylic acids is 1. The lowest BCUT2D eigenvalue weighted by atomic mass is 10.2. The Kier molecular flexibility index (Phi) is 7.03. The minimum Gasteiger partial charge on any atom is -0.480 e. The number of pyridine rings is 1. The molecule has 0 spiro atoms. The SMILES string of the molecule is C=CCCC(=O)N[C@@H](COCc1cncc(F)c1)C(=O)O. The van der Waals surface area contributed by atoms with Crippen LogP contribution in [0.15, 0.2) is 31.1 Å². The number of hydrogen-bond acceptors (Lipinski definition) is 4. The lowest BCUT2D eigenvalue weighted by molar-refractivity contribution is -0.143. The molecule has 0 fully saturated rings. The molecular formula is C14H17FN2O4. The zero-order valence-electron chi connectivity index (χ0n) is 11.4. The fourth-order valence-corrected chi connectivity index (χ4v) is 1.50. The maximum absolute atomic E-state index is 12.9. The van der Waals surface area contributed by atoms with E-state index in [9.17, 15) is 14.0 Å². The molecule has 0 aromatic carbocycles. The number of nitrogens with one attached hydrogen (secondary N) is 1. The molecule has 7 heteroatoms. The highest BCUT2D eigenvalue weighted by molar-refractivity contribution is 5.83. The predicted molar refractivity (Wildman–Crippen MR) is 72.8 cm³/mol. The highest BCUT2D eigenvalue weighted by atomic mass is 19.1. The fourth-order valence-electron chi connectivity index (χ4n) is 1.50. The van der Waals surface area contributed by atoms with Crippen LogP contribution in [0, 0.1) is 5.82 Å². The van der Waals surface area contributed by atoms with Gasteiger partial charge in [0.25, 0.3) is 0 Å². The first-order valence-electron chi connectivity index (χ1n) is 6.33. The van der Waals surface area contributed by atoms with Crippen LogP contribution in [0.3, 0.4) is 0 Å². The first-order chi connectivity index (χ1) is 10.0. The molecular weight excluding hydrogens is 279 g/mol. The average molecular weight is 296 g/mol. The molecule has 0 radical (unpaired) electrons. The maximum atomic E-state index is 12.9. The summed E-state index contributed by atoms with van der Waals surface area (Å²) in [5.74, 6) is -2.08. The molecule has 6 nitrogen and oxygen atoms in total. The molecule has 2 N–H and O–H groups in total. The molecule has 0 bridgehead atoms. The summed E-state index contributed by atoms with van der Waals surface area (Å²) in [7, 11) is 0. The number of halogens is 1. The molecule has 1 aromatic heterocycles. The van der Waals surface area contributed by atoms with Crippen molar-refractivity contribution < 1.29 is 23.8 Å². The van der Waals surface area contributed by atoms with Crippen LogP contribution in [0.5, 0.6) is 0 Å². The summed E-state index contributed by atoms with van der Waals surface area (Å²) in [6, 6.07) is 0.0923. The van der Waals surface area contributed by atoms with E-state index in [1.54, 1.807) is 6.08 Å². The summed E-state index contributed by atoms with van der Waals surface area (Å²) in [6.45, 7) is 3.27. The number of ether oxygens (including phenoxy) is 1. The standard InChI is InChI=1S/C14H17FN2O4/c1-2-3-4-13(18)17-12(14(19)20)9-21-8-10-5-11(15)7-16-6-10/h2,5-7,12H,1,3-4,8-9H2,(H,17,18)(H,19,20)/t12-/m0/s1. The van der Waals surface area contributed by atoms with Gasteiger partial charge in [-0.2, -0.15) is 0 Å². The van der Waals surface area contributed by atoms with Crippen molar-refractivity contribution in [2.75, 3.05) is 6.61 Å². The second-order valence-corrected chi connectivity index (χ2v) is 4.31. The zero-order valence-corrected chi connectivity index (χ0v) is 11.4. The fraction of sp³-hybridized carbons (Fsp3) is 0.357. The van der Waals surface area contributed by atoms with Gasteiger partial charge in [0, 0.05) is 12.6 Å². The number of aromatic nitrogens is 1. The van der Waals surface area contributed by atoms with Crippen molar-refractivity contribution in [2.45, 2.75) is 25.5 Å². The number of hydrogen-bond donors (Lipinski definition) is 2. The van der Waals surface area contributed by atoms with E-state index in [1.165, 1.54) is 12.3 Å². The van der Waals surface area contributed by atoms with Crippen LogP contribution in [-0.2, 0) is 20.9 Å². The summed E-state index contributed by atoms with van der Waals surface area (Å²) >= 11 is 0. The van der Waals surface area contributed by atoms with E-state index in [0.717, 1.165) is 6.20 Å². The second kappa shape index (κ2) is 8.80. The van der Waals surface area contributed by atoms with Crippen molar-refractivity contribution in [1.82, 2.24) is 10.3 Å². The van der Waals surface area contributed by atoms with Crippen molar-refractivity contribution in [3.63, 3.8) is 0 Å².